The fourth-order valence-corrected chi connectivity index (χ4v) is 7.05. The summed E-state index contributed by atoms with van der Waals surface area (Å²) in [5, 5.41) is 0.302. The van der Waals surface area contributed by atoms with Gasteiger partial charge in [-0.3, -0.25) is 0 Å². The first-order valence-electron chi connectivity index (χ1n) is 7.44. The van der Waals surface area contributed by atoms with Gasteiger partial charge >= 0.3 is 5.51 Å². The second-order valence-electron chi connectivity index (χ2n) is 5.90. The molecule has 1 unspecified atom stereocenters. The monoisotopic (exact) mass is 368 g/mol. The SMILES string of the molecule is FC(F)(F)S1(Cl)C(C2CCCCCC2)=Cc2ccc(Cl)cc21. The largest absolute Gasteiger partial charge is 0.445 e. The normalized spacial score (nSPS) is 29.4. The second-order valence-corrected chi connectivity index (χ2v) is 10.2. The van der Waals surface area contributed by atoms with Gasteiger partial charge in [-0.05, 0) is 67.4 Å². The average molecular weight is 369 g/mol. The molecule has 1 aromatic carbocycles. The fraction of sp³-hybridized carbons (Fsp3) is 0.500. The quantitative estimate of drug-likeness (QED) is 0.450. The molecule has 0 N–H and O–H groups in total. The molecule has 0 aromatic heterocycles. The average Bonchev–Trinajstić information content (AvgIpc) is 2.64. The van der Waals surface area contributed by atoms with Crippen molar-refractivity contribution in [3.63, 3.8) is 0 Å². The molecule has 2 aliphatic rings. The molecular formula is C16H17Cl2F3S. The fourth-order valence-electron chi connectivity index (χ4n) is 3.40. The Hall–Kier alpha value is -0.320. The minimum atomic E-state index is -4.46. The van der Waals surface area contributed by atoms with Crippen LogP contribution in [0.2, 0.25) is 5.02 Å². The van der Waals surface area contributed by atoms with Gasteiger partial charge in [-0.15, -0.1) is 0 Å². The number of alkyl halides is 3. The van der Waals surface area contributed by atoms with Crippen LogP contribution in [0.15, 0.2) is 28.0 Å². The van der Waals surface area contributed by atoms with Gasteiger partial charge in [0.2, 0.25) is 0 Å². The van der Waals surface area contributed by atoms with Crippen molar-refractivity contribution in [3.8, 4) is 0 Å². The molecule has 1 atom stereocenters. The van der Waals surface area contributed by atoms with E-state index in [4.69, 9.17) is 22.3 Å². The van der Waals surface area contributed by atoms with Crippen LogP contribution in [0.1, 0.15) is 44.1 Å². The lowest BCUT2D eigenvalue weighted by Crippen LogP contribution is -2.19. The van der Waals surface area contributed by atoms with Crippen LogP contribution in [0.4, 0.5) is 13.2 Å². The van der Waals surface area contributed by atoms with Crippen LogP contribution >= 0.6 is 31.5 Å². The zero-order chi connectivity index (χ0) is 16.0. The molecule has 1 aliphatic heterocycles. The Kier molecular flexibility index (Phi) is 4.47. The predicted molar refractivity (Wildman–Crippen MR) is 88.4 cm³/mol. The summed E-state index contributed by atoms with van der Waals surface area (Å²) in [6.45, 7) is 0. The first-order valence-corrected chi connectivity index (χ1v) is 10.3. The lowest BCUT2D eigenvalue weighted by molar-refractivity contribution is -0.0361. The van der Waals surface area contributed by atoms with Crippen molar-refractivity contribution in [2.45, 2.75) is 48.9 Å². The first-order chi connectivity index (χ1) is 10.3. The van der Waals surface area contributed by atoms with E-state index in [1.807, 2.05) is 0 Å². The highest BCUT2D eigenvalue weighted by Gasteiger charge is 2.57. The third-order valence-electron chi connectivity index (χ3n) is 4.48. The number of allylic oxidation sites excluding steroid dienone is 1. The molecule has 0 bridgehead atoms. The molecular weight excluding hydrogens is 352 g/mol. The number of halogens is 5. The van der Waals surface area contributed by atoms with Gasteiger partial charge in [-0.2, -0.15) is 13.2 Å². The highest BCUT2D eigenvalue weighted by Crippen LogP contribution is 2.81. The van der Waals surface area contributed by atoms with Gasteiger partial charge in [0.1, 0.15) is 0 Å². The van der Waals surface area contributed by atoms with E-state index in [-0.39, 0.29) is 10.8 Å². The Morgan fingerprint density at radius 1 is 1.05 bits per heavy atom. The van der Waals surface area contributed by atoms with Crippen LogP contribution in [0, 0.1) is 5.92 Å². The van der Waals surface area contributed by atoms with Crippen molar-refractivity contribution in [2.24, 2.45) is 5.92 Å². The van der Waals surface area contributed by atoms with Crippen LogP contribution in [-0.4, -0.2) is 5.51 Å². The Morgan fingerprint density at radius 2 is 1.68 bits per heavy atom. The summed E-state index contributed by atoms with van der Waals surface area (Å²) in [4.78, 5) is 0.550. The molecule has 1 saturated carbocycles. The molecule has 0 radical (unpaired) electrons. The molecule has 122 valence electrons. The van der Waals surface area contributed by atoms with E-state index >= 15 is 0 Å². The lowest BCUT2D eigenvalue weighted by atomic mass is 9.98. The van der Waals surface area contributed by atoms with E-state index in [1.165, 1.54) is 6.07 Å². The van der Waals surface area contributed by atoms with E-state index in [2.05, 4.69) is 0 Å². The topological polar surface area (TPSA) is 0 Å². The molecule has 6 heteroatoms. The zero-order valence-corrected chi connectivity index (χ0v) is 14.3. The Morgan fingerprint density at radius 3 is 2.27 bits per heavy atom. The smallest absolute Gasteiger partial charge is 0.160 e. The van der Waals surface area contributed by atoms with Crippen molar-refractivity contribution in [2.75, 3.05) is 0 Å². The molecule has 1 aromatic rings. The highest BCUT2D eigenvalue weighted by atomic mass is 35.7. The van der Waals surface area contributed by atoms with Gasteiger partial charge in [0, 0.05) is 9.92 Å². The Labute approximate surface area is 139 Å². The summed E-state index contributed by atoms with van der Waals surface area (Å²) in [6.07, 6.45) is 7.42. The summed E-state index contributed by atoms with van der Waals surface area (Å²) in [7, 11) is 2.82. The van der Waals surface area contributed by atoms with Crippen molar-refractivity contribution in [3.05, 3.63) is 33.7 Å². The molecule has 1 heterocycles. The van der Waals surface area contributed by atoms with E-state index < -0.39 is 14.7 Å². The molecule has 0 nitrogen and oxygen atoms in total. The minimum Gasteiger partial charge on any atom is -0.160 e. The van der Waals surface area contributed by atoms with Crippen LogP contribution in [0.25, 0.3) is 6.08 Å². The maximum Gasteiger partial charge on any atom is 0.445 e. The van der Waals surface area contributed by atoms with Gasteiger partial charge in [0.25, 0.3) is 0 Å². The lowest BCUT2D eigenvalue weighted by Gasteiger charge is -2.37. The molecule has 0 saturated heterocycles. The van der Waals surface area contributed by atoms with Gasteiger partial charge in [0.15, 0.2) is 0 Å². The summed E-state index contributed by atoms with van der Waals surface area (Å²) in [5.41, 5.74) is -3.88. The number of hydrogen-bond donors (Lipinski definition) is 0. The Bertz CT molecular complexity index is 604. The zero-order valence-electron chi connectivity index (χ0n) is 11.9. The molecule has 1 aliphatic carbocycles. The summed E-state index contributed by atoms with van der Waals surface area (Å²) in [5.74, 6) is -0.0669. The third-order valence-corrected chi connectivity index (χ3v) is 8.97. The van der Waals surface area contributed by atoms with E-state index in [9.17, 15) is 13.2 Å². The summed E-state index contributed by atoms with van der Waals surface area (Å²) >= 11 is 5.92. The van der Waals surface area contributed by atoms with Crippen LogP contribution < -0.4 is 0 Å². The molecule has 0 amide bonds. The van der Waals surface area contributed by atoms with E-state index in [0.29, 0.717) is 15.5 Å². The van der Waals surface area contributed by atoms with Crippen molar-refractivity contribution >= 4 is 37.6 Å². The number of fused-ring (bicyclic) bond motifs is 1. The van der Waals surface area contributed by atoms with Gasteiger partial charge in [-0.1, -0.05) is 43.4 Å². The maximum atomic E-state index is 13.9. The van der Waals surface area contributed by atoms with Crippen molar-refractivity contribution in [1.29, 1.82) is 0 Å². The molecule has 3 rings (SSSR count). The van der Waals surface area contributed by atoms with Crippen LogP contribution in [-0.2, 0) is 0 Å². The molecule has 22 heavy (non-hydrogen) atoms. The molecule has 1 fully saturated rings. The van der Waals surface area contributed by atoms with E-state index in [0.717, 1.165) is 38.5 Å². The van der Waals surface area contributed by atoms with Gasteiger partial charge in [-0.25, -0.2) is 0 Å². The van der Waals surface area contributed by atoms with E-state index in [1.54, 1.807) is 18.2 Å². The number of hydrogen-bond acceptors (Lipinski definition) is 0. The number of rotatable bonds is 1. The maximum absolute atomic E-state index is 13.9. The van der Waals surface area contributed by atoms with Crippen molar-refractivity contribution < 1.29 is 13.2 Å². The van der Waals surface area contributed by atoms with Crippen LogP contribution in [0.3, 0.4) is 0 Å². The van der Waals surface area contributed by atoms with Crippen LogP contribution in [0.5, 0.6) is 0 Å². The van der Waals surface area contributed by atoms with Gasteiger partial charge < -0.3 is 0 Å². The second kappa shape index (κ2) is 5.95. The molecule has 0 spiro atoms. The predicted octanol–water partition coefficient (Wildman–Crippen LogP) is 7.50. The standard InChI is InChI=1S/C16H17Cl2F3S/c17-13-8-7-12-9-14(11-5-3-1-2-4-6-11)22(18,15(12)10-13)16(19,20)21/h7-11H,1-6H2. The number of benzene rings is 1. The first kappa shape index (κ1) is 16.5. The third kappa shape index (κ3) is 2.67. The minimum absolute atomic E-state index is 0.0669. The highest BCUT2D eigenvalue weighted by molar-refractivity contribution is 8.54. The van der Waals surface area contributed by atoms with Gasteiger partial charge in [0.05, 0.1) is 0 Å². The Balaban J connectivity index is 2.09. The van der Waals surface area contributed by atoms with Crippen molar-refractivity contribution in [1.82, 2.24) is 0 Å². The summed E-state index contributed by atoms with van der Waals surface area (Å²) < 4.78 is 41.6. The summed E-state index contributed by atoms with van der Waals surface area (Å²) in [6, 6.07) is 4.67.